The highest BCUT2D eigenvalue weighted by Crippen LogP contribution is 2.28. The summed E-state index contributed by atoms with van der Waals surface area (Å²) in [5, 5.41) is 23.3. The Bertz CT molecular complexity index is 1890. The van der Waals surface area contributed by atoms with Crippen molar-refractivity contribution < 1.29 is 43.2 Å². The second kappa shape index (κ2) is 34.1. The van der Waals surface area contributed by atoms with Gasteiger partial charge >= 0.3 is 0 Å². The summed E-state index contributed by atoms with van der Waals surface area (Å²) in [4.78, 5) is 124. The highest BCUT2D eigenvalue weighted by molar-refractivity contribution is 5.95. The molecule has 434 valence electrons. The van der Waals surface area contributed by atoms with E-state index in [9.17, 15) is 43.2 Å². The van der Waals surface area contributed by atoms with Crippen LogP contribution in [0.3, 0.4) is 0 Å². The Morgan fingerprint density at radius 2 is 0.697 bits per heavy atom. The zero-order valence-electron chi connectivity index (χ0n) is 46.7. The number of carbonyl (C=O) groups is 9. The van der Waals surface area contributed by atoms with Crippen LogP contribution >= 0.6 is 0 Å². The number of amides is 9. The molecule has 0 aromatic heterocycles. The Kier molecular flexibility index (Phi) is 29.3. The van der Waals surface area contributed by atoms with Crippen molar-refractivity contribution in [1.82, 2.24) is 42.5 Å². The average Bonchev–Trinajstić information content (AvgIpc) is 3.37. The van der Waals surface area contributed by atoms with Crippen LogP contribution in [0.5, 0.6) is 0 Å². The van der Waals surface area contributed by atoms with Gasteiger partial charge in [0.15, 0.2) is 0 Å². The van der Waals surface area contributed by atoms with E-state index in [0.29, 0.717) is 110 Å². The van der Waals surface area contributed by atoms with Crippen molar-refractivity contribution >= 4 is 53.2 Å². The van der Waals surface area contributed by atoms with Crippen LogP contribution in [0.2, 0.25) is 0 Å². The van der Waals surface area contributed by atoms with Crippen molar-refractivity contribution in [3.05, 3.63) is 0 Å². The average molecular weight is 1070 g/mol. The molecule has 76 heavy (non-hydrogen) atoms. The van der Waals surface area contributed by atoms with Gasteiger partial charge in [0.25, 0.3) is 0 Å². The standard InChI is InChI=1S/C54H99N13O9/c1-31(2)43(52(74)62-40(46(59)68)25-13-16-28-55)66-48(70)35-20-8-11-23-38(35)60-51(73)42(27-15-18-30-57)64-54(76)45(33(5)6)67-49(71)36-21-9-12-24-39(36)61-50(72)41(26-14-17-29-56)63-53(75)44(32(3)4)65-47(69)34-19-7-10-22-37(34)58/h31-45H,7-30,55-58H2,1-6H3,(H2,59,68)(H,60,73)(H,61,72)(H,62,74)(H,63,75)(H,64,76)(H,65,69)(H,66,70)(H,67,71)/t34?,35?,36?,37?,38?,39?,40-,41-,42-,43-,44-,45-/m0/s1. The van der Waals surface area contributed by atoms with E-state index in [0.717, 1.165) is 32.1 Å². The maximum absolute atomic E-state index is 14.3. The summed E-state index contributed by atoms with van der Waals surface area (Å²) in [5.41, 5.74) is 29.1. The number of carbonyl (C=O) groups excluding carboxylic acids is 9. The molecule has 3 aliphatic rings. The number of hydrogen-bond acceptors (Lipinski definition) is 13. The molecule has 0 saturated heterocycles. The summed E-state index contributed by atoms with van der Waals surface area (Å²) in [6.07, 6.45) is 12.3. The Hall–Kier alpha value is -4.93. The number of nitrogens with one attached hydrogen (secondary N) is 8. The minimum atomic E-state index is -1.06. The molecule has 9 amide bonds. The molecule has 22 nitrogen and oxygen atoms in total. The number of primary amides is 1. The van der Waals surface area contributed by atoms with Crippen LogP contribution in [-0.2, 0) is 43.2 Å². The third-order valence-corrected chi connectivity index (χ3v) is 15.5. The van der Waals surface area contributed by atoms with Gasteiger partial charge in [-0.3, -0.25) is 43.2 Å². The van der Waals surface area contributed by atoms with Crippen molar-refractivity contribution in [3.8, 4) is 0 Å². The molecule has 0 radical (unpaired) electrons. The Morgan fingerprint density at radius 1 is 0.395 bits per heavy atom. The molecule has 0 heterocycles. The summed E-state index contributed by atoms with van der Waals surface area (Å²) in [5.74, 6) is -7.25. The number of unbranched alkanes of at least 4 members (excludes halogenated alkanes) is 3. The van der Waals surface area contributed by atoms with Gasteiger partial charge in [0.05, 0.1) is 17.8 Å². The molecule has 0 aromatic carbocycles. The maximum Gasteiger partial charge on any atom is 0.243 e. The Balaban J connectivity index is 1.75. The van der Waals surface area contributed by atoms with Crippen molar-refractivity contribution in [1.29, 1.82) is 0 Å². The lowest BCUT2D eigenvalue weighted by Gasteiger charge is -2.35. The van der Waals surface area contributed by atoms with Gasteiger partial charge in [-0.2, -0.15) is 0 Å². The van der Waals surface area contributed by atoms with Crippen molar-refractivity contribution in [3.63, 3.8) is 0 Å². The van der Waals surface area contributed by atoms with Gasteiger partial charge in [0.1, 0.15) is 36.3 Å². The van der Waals surface area contributed by atoms with E-state index in [1.165, 1.54) is 0 Å². The van der Waals surface area contributed by atoms with E-state index in [2.05, 4.69) is 42.5 Å². The summed E-state index contributed by atoms with van der Waals surface area (Å²) in [6.45, 7) is 12.0. The topological polar surface area (TPSA) is 380 Å². The monoisotopic (exact) mass is 1070 g/mol. The molecule has 3 aliphatic carbocycles. The van der Waals surface area contributed by atoms with E-state index in [4.69, 9.17) is 28.7 Å². The molecule has 3 rings (SSSR count). The second-order valence-corrected chi connectivity index (χ2v) is 22.7. The lowest BCUT2D eigenvalue weighted by atomic mass is 9.83. The minimum Gasteiger partial charge on any atom is -0.368 e. The van der Waals surface area contributed by atoms with Gasteiger partial charge in [0, 0.05) is 18.1 Å². The molecule has 12 atom stereocenters. The molecule has 3 fully saturated rings. The summed E-state index contributed by atoms with van der Waals surface area (Å²) in [6, 6.07) is -7.42. The van der Waals surface area contributed by atoms with Gasteiger partial charge in [-0.1, -0.05) is 80.1 Å². The lowest BCUT2D eigenvalue weighted by molar-refractivity contribution is -0.137. The number of hydrogen-bond donors (Lipinski definition) is 13. The number of nitrogens with two attached hydrogens (primary N) is 5. The van der Waals surface area contributed by atoms with Crippen LogP contribution < -0.4 is 71.2 Å². The lowest BCUT2D eigenvalue weighted by Crippen LogP contribution is -2.60. The molecule has 0 aromatic rings. The molecule has 0 bridgehead atoms. The molecule has 22 heteroatoms. The Labute approximate surface area is 452 Å². The van der Waals surface area contributed by atoms with Crippen LogP contribution in [0.1, 0.15) is 176 Å². The SMILES string of the molecule is CC(C)[C@H](NC(=O)C1CCCCC1N)C(=O)N[C@@H](CCCCN)C(=O)NC1CCCCC1C(=O)N[C@H](C(=O)N[C@@H](CCCCN)C(=O)NC1CCCCC1C(=O)N[C@H](C(=O)N[C@@H](CCCCN)C(N)=O)C(C)C)C(C)C. The number of rotatable bonds is 32. The highest BCUT2D eigenvalue weighted by Gasteiger charge is 2.40. The summed E-state index contributed by atoms with van der Waals surface area (Å²) < 4.78 is 0. The van der Waals surface area contributed by atoms with Crippen LogP contribution in [0.4, 0.5) is 0 Å². The van der Waals surface area contributed by atoms with E-state index < -0.39 is 119 Å². The first-order chi connectivity index (χ1) is 36.1. The van der Waals surface area contributed by atoms with Gasteiger partial charge in [-0.15, -0.1) is 0 Å². The fourth-order valence-corrected chi connectivity index (χ4v) is 10.8. The van der Waals surface area contributed by atoms with Crippen LogP contribution in [0.25, 0.3) is 0 Å². The first kappa shape index (κ1) is 65.4. The van der Waals surface area contributed by atoms with E-state index in [1.54, 1.807) is 27.7 Å². The van der Waals surface area contributed by atoms with Crippen molar-refractivity contribution in [2.75, 3.05) is 19.6 Å². The fraction of sp³-hybridized carbons (Fsp3) is 0.833. The zero-order valence-corrected chi connectivity index (χ0v) is 46.7. The molecule has 18 N–H and O–H groups in total. The molecular weight excluding hydrogens is 975 g/mol. The largest absolute Gasteiger partial charge is 0.368 e. The summed E-state index contributed by atoms with van der Waals surface area (Å²) in [7, 11) is 0. The fourth-order valence-electron chi connectivity index (χ4n) is 10.8. The van der Waals surface area contributed by atoms with Gasteiger partial charge in [-0.25, -0.2) is 0 Å². The van der Waals surface area contributed by atoms with Crippen molar-refractivity contribution in [2.24, 2.45) is 64.2 Å². The van der Waals surface area contributed by atoms with Crippen LogP contribution in [0, 0.1) is 35.5 Å². The highest BCUT2D eigenvalue weighted by atomic mass is 16.2. The first-order valence-corrected chi connectivity index (χ1v) is 28.7. The molecule has 3 saturated carbocycles. The molecule has 0 aliphatic heterocycles. The quantitative estimate of drug-likeness (QED) is 0.0411. The zero-order chi connectivity index (χ0) is 56.5. The third kappa shape index (κ3) is 21.1. The Morgan fingerprint density at radius 3 is 1.03 bits per heavy atom. The minimum absolute atomic E-state index is 0.234. The van der Waals surface area contributed by atoms with Crippen LogP contribution in [-0.4, -0.2) is 127 Å². The smallest absolute Gasteiger partial charge is 0.243 e. The van der Waals surface area contributed by atoms with Crippen molar-refractivity contribution in [2.45, 2.75) is 231 Å². The molecular formula is C54H99N13O9. The molecule has 0 spiro atoms. The van der Waals surface area contributed by atoms with E-state index in [-0.39, 0.29) is 36.6 Å². The van der Waals surface area contributed by atoms with Crippen LogP contribution in [0.15, 0.2) is 0 Å². The van der Waals surface area contributed by atoms with E-state index in [1.807, 2.05) is 13.8 Å². The van der Waals surface area contributed by atoms with Gasteiger partial charge in [0.2, 0.25) is 53.2 Å². The molecule has 6 unspecified atom stereocenters. The van der Waals surface area contributed by atoms with E-state index >= 15 is 0 Å². The van der Waals surface area contributed by atoms with Gasteiger partial charge in [-0.05, 0) is 134 Å². The van der Waals surface area contributed by atoms with Gasteiger partial charge < -0.3 is 71.2 Å². The first-order valence-electron chi connectivity index (χ1n) is 28.7. The summed E-state index contributed by atoms with van der Waals surface area (Å²) >= 11 is 0. The third-order valence-electron chi connectivity index (χ3n) is 15.5. The predicted octanol–water partition coefficient (Wildman–Crippen LogP) is 0.603. The maximum atomic E-state index is 14.3. The predicted molar refractivity (Wildman–Crippen MR) is 292 cm³/mol. The second-order valence-electron chi connectivity index (χ2n) is 22.7. The normalized spacial score (nSPS) is 23.2.